The molecule has 0 amide bonds. The highest BCUT2D eigenvalue weighted by molar-refractivity contribution is 6.03. The number of nitrogens with zero attached hydrogens (tertiary/aromatic N) is 1. The van der Waals surface area contributed by atoms with Gasteiger partial charge < -0.3 is 5.11 Å². The van der Waals surface area contributed by atoms with Crippen molar-refractivity contribution in [3.8, 4) is 6.07 Å². The van der Waals surface area contributed by atoms with Crippen molar-refractivity contribution in [2.45, 2.75) is 106 Å². The SMILES string of the molecule is CC1(C)CC[C@]2(CC(=O)O)CC[C@]3(C)C(C(=O)C=C4[C@@H]5CCC=C(C#N)C(=O)C(C)(C)C5CC[C@]43C)C2C1. The van der Waals surface area contributed by atoms with E-state index in [9.17, 15) is 24.8 Å². The lowest BCUT2D eigenvalue weighted by Gasteiger charge is -2.67. The van der Waals surface area contributed by atoms with Gasteiger partial charge in [-0.25, -0.2) is 0 Å². The van der Waals surface area contributed by atoms with E-state index >= 15 is 0 Å². The number of hydrogen-bond donors (Lipinski definition) is 1. The first kappa shape index (κ1) is 27.4. The van der Waals surface area contributed by atoms with E-state index in [2.05, 4.69) is 33.8 Å². The standard InChI is InChI=1S/C33H45NO4/c1-29(2)12-14-33(18-26(36)37)15-13-32(6)27(24(33)17-29)25(35)16-23-21-9-7-8-20(19-34)28(38)30(3,4)22(21)10-11-31(23,32)5/h8,16,21-22,24,27H,7,9-15,17-18H2,1-6H3,(H,36,37)/t21-,22?,24?,27?,31-,32-,33-/m1/s1. The van der Waals surface area contributed by atoms with E-state index < -0.39 is 11.4 Å². The summed E-state index contributed by atoms with van der Waals surface area (Å²) in [6, 6.07) is 2.14. The minimum absolute atomic E-state index is 0.0642. The van der Waals surface area contributed by atoms with Crippen LogP contribution in [0.5, 0.6) is 0 Å². The molecule has 5 rings (SSSR count). The van der Waals surface area contributed by atoms with Crippen LogP contribution in [0.15, 0.2) is 23.3 Å². The molecule has 0 spiro atoms. The predicted octanol–water partition coefficient (Wildman–Crippen LogP) is 7.07. The minimum Gasteiger partial charge on any atom is -0.481 e. The molecule has 1 N–H and O–H groups in total. The van der Waals surface area contributed by atoms with Crippen LogP contribution < -0.4 is 0 Å². The Morgan fingerprint density at radius 2 is 1.68 bits per heavy atom. The fourth-order valence-corrected chi connectivity index (χ4v) is 10.2. The van der Waals surface area contributed by atoms with Crippen LogP contribution >= 0.6 is 0 Å². The number of Topliss-reactive ketones (excluding diaryl/α,β-unsaturated/α-hetero) is 1. The fourth-order valence-electron chi connectivity index (χ4n) is 10.2. The molecule has 0 bridgehead atoms. The maximum absolute atomic E-state index is 14.3. The average molecular weight is 520 g/mol. The molecule has 7 atom stereocenters. The van der Waals surface area contributed by atoms with Crippen LogP contribution in [0.25, 0.3) is 0 Å². The molecule has 206 valence electrons. The summed E-state index contributed by atoms with van der Waals surface area (Å²) in [6.07, 6.45) is 11.8. The van der Waals surface area contributed by atoms with Crippen LogP contribution in [0.4, 0.5) is 0 Å². The molecular weight excluding hydrogens is 474 g/mol. The molecule has 3 fully saturated rings. The smallest absolute Gasteiger partial charge is 0.303 e. The Balaban J connectivity index is 1.61. The molecule has 5 heteroatoms. The summed E-state index contributed by atoms with van der Waals surface area (Å²) in [5.74, 6) is -0.452. The van der Waals surface area contributed by atoms with Gasteiger partial charge in [0.25, 0.3) is 0 Å². The number of carboxylic acid groups (broad SMARTS) is 1. The van der Waals surface area contributed by atoms with Crippen molar-refractivity contribution in [3.63, 3.8) is 0 Å². The van der Waals surface area contributed by atoms with Gasteiger partial charge in [0.2, 0.25) is 0 Å². The Morgan fingerprint density at radius 3 is 2.34 bits per heavy atom. The summed E-state index contributed by atoms with van der Waals surface area (Å²) in [5.41, 5.74) is 0.257. The third-order valence-electron chi connectivity index (χ3n) is 12.6. The van der Waals surface area contributed by atoms with Crippen molar-refractivity contribution in [2.75, 3.05) is 0 Å². The summed E-state index contributed by atoms with van der Waals surface area (Å²) < 4.78 is 0. The van der Waals surface area contributed by atoms with E-state index in [0.717, 1.165) is 51.4 Å². The molecule has 3 saturated carbocycles. The van der Waals surface area contributed by atoms with E-state index in [0.29, 0.717) is 6.42 Å². The second-order valence-corrected chi connectivity index (χ2v) is 15.2. The zero-order valence-corrected chi connectivity index (χ0v) is 24.2. The topological polar surface area (TPSA) is 95.2 Å². The first-order valence-corrected chi connectivity index (χ1v) is 14.7. The molecule has 0 aromatic rings. The number of hydrogen-bond acceptors (Lipinski definition) is 4. The largest absolute Gasteiger partial charge is 0.481 e. The van der Waals surface area contributed by atoms with Gasteiger partial charge >= 0.3 is 5.97 Å². The number of aliphatic carboxylic acids is 1. The number of allylic oxidation sites excluding steroid dienone is 4. The highest BCUT2D eigenvalue weighted by Crippen LogP contribution is 2.72. The monoisotopic (exact) mass is 519 g/mol. The van der Waals surface area contributed by atoms with Gasteiger partial charge in [-0.2, -0.15) is 5.26 Å². The highest BCUT2D eigenvalue weighted by atomic mass is 16.4. The minimum atomic E-state index is -0.740. The van der Waals surface area contributed by atoms with Gasteiger partial charge in [-0.15, -0.1) is 0 Å². The maximum atomic E-state index is 14.3. The van der Waals surface area contributed by atoms with Crippen molar-refractivity contribution in [3.05, 3.63) is 23.3 Å². The quantitative estimate of drug-likeness (QED) is 0.421. The number of ketones is 2. The molecule has 0 aromatic carbocycles. The first-order chi connectivity index (χ1) is 17.6. The summed E-state index contributed by atoms with van der Waals surface area (Å²) in [4.78, 5) is 39.8. The van der Waals surface area contributed by atoms with Crippen LogP contribution in [0.2, 0.25) is 0 Å². The maximum Gasteiger partial charge on any atom is 0.303 e. The van der Waals surface area contributed by atoms with E-state index in [1.165, 1.54) is 5.57 Å². The third kappa shape index (κ3) is 3.72. The zero-order chi connectivity index (χ0) is 27.9. The summed E-state index contributed by atoms with van der Waals surface area (Å²) >= 11 is 0. The zero-order valence-electron chi connectivity index (χ0n) is 24.2. The van der Waals surface area contributed by atoms with Crippen molar-refractivity contribution in [1.82, 2.24) is 0 Å². The first-order valence-electron chi connectivity index (χ1n) is 14.7. The third-order valence-corrected chi connectivity index (χ3v) is 12.6. The van der Waals surface area contributed by atoms with Crippen LogP contribution in [-0.4, -0.2) is 22.6 Å². The molecule has 5 aliphatic carbocycles. The predicted molar refractivity (Wildman–Crippen MR) is 146 cm³/mol. The van der Waals surface area contributed by atoms with Crippen LogP contribution in [0.1, 0.15) is 106 Å². The second kappa shape index (κ2) is 8.64. The fraction of sp³-hybridized carbons (Fsp3) is 0.758. The number of nitriles is 1. The van der Waals surface area contributed by atoms with Gasteiger partial charge in [0, 0.05) is 11.3 Å². The lowest BCUT2D eigenvalue weighted by molar-refractivity contribution is -0.176. The second-order valence-electron chi connectivity index (χ2n) is 15.2. The van der Waals surface area contributed by atoms with Gasteiger partial charge in [-0.3, -0.25) is 14.4 Å². The molecule has 38 heavy (non-hydrogen) atoms. The van der Waals surface area contributed by atoms with Crippen molar-refractivity contribution in [2.24, 2.45) is 50.7 Å². The average Bonchev–Trinajstić information content (AvgIpc) is 2.82. The van der Waals surface area contributed by atoms with Crippen LogP contribution in [-0.2, 0) is 14.4 Å². The summed E-state index contributed by atoms with van der Waals surface area (Å²) in [7, 11) is 0. The Hall–Kier alpha value is -2.22. The molecule has 0 saturated heterocycles. The number of carbonyl (C=O) groups is 3. The lowest BCUT2D eigenvalue weighted by Crippen LogP contribution is -2.63. The van der Waals surface area contributed by atoms with Gasteiger partial charge in [0.1, 0.15) is 6.07 Å². The van der Waals surface area contributed by atoms with Crippen molar-refractivity contribution in [1.29, 1.82) is 5.26 Å². The molecule has 0 heterocycles. The molecule has 0 aliphatic heterocycles. The van der Waals surface area contributed by atoms with E-state index in [1.807, 2.05) is 26.0 Å². The Kier molecular flexibility index (Phi) is 6.22. The van der Waals surface area contributed by atoms with E-state index in [1.54, 1.807) is 0 Å². The van der Waals surface area contributed by atoms with E-state index in [4.69, 9.17) is 0 Å². The van der Waals surface area contributed by atoms with Gasteiger partial charge in [-0.1, -0.05) is 53.2 Å². The molecule has 3 unspecified atom stereocenters. The molecule has 5 aliphatic rings. The van der Waals surface area contributed by atoms with Crippen molar-refractivity contribution >= 4 is 17.5 Å². The van der Waals surface area contributed by atoms with Crippen LogP contribution in [0.3, 0.4) is 0 Å². The Bertz CT molecular complexity index is 1180. The molecule has 0 radical (unpaired) electrons. The van der Waals surface area contributed by atoms with Gasteiger partial charge in [0.05, 0.1) is 12.0 Å². The molecular formula is C33H45NO4. The number of fused-ring (bicyclic) bond motifs is 7. The molecule has 0 aromatic heterocycles. The number of rotatable bonds is 2. The summed E-state index contributed by atoms with van der Waals surface area (Å²) in [6.45, 7) is 13.3. The summed E-state index contributed by atoms with van der Waals surface area (Å²) in [5, 5.41) is 19.5. The van der Waals surface area contributed by atoms with Gasteiger partial charge in [0.15, 0.2) is 11.6 Å². The molecule has 5 nitrogen and oxygen atoms in total. The Morgan fingerprint density at radius 1 is 1.00 bits per heavy atom. The lowest BCUT2D eigenvalue weighted by atomic mass is 9.36. The van der Waals surface area contributed by atoms with Gasteiger partial charge in [-0.05, 0) is 103 Å². The number of carbonyl (C=O) groups excluding carboxylic acids is 2. The van der Waals surface area contributed by atoms with Crippen molar-refractivity contribution < 1.29 is 19.5 Å². The number of carboxylic acids is 1. The highest BCUT2D eigenvalue weighted by Gasteiger charge is 2.67. The Labute approximate surface area is 228 Å². The normalized spacial score (nSPS) is 43.5. The van der Waals surface area contributed by atoms with Crippen LogP contribution in [0, 0.1) is 62.1 Å². The van der Waals surface area contributed by atoms with E-state index in [-0.39, 0.29) is 68.9 Å².